The maximum absolute atomic E-state index is 12.2. The van der Waals surface area contributed by atoms with E-state index in [4.69, 9.17) is 23.2 Å². The van der Waals surface area contributed by atoms with Crippen LogP contribution in [0.3, 0.4) is 0 Å². The molecule has 0 heterocycles. The fraction of sp³-hybridized carbons (Fsp3) is 0.133. The summed E-state index contributed by atoms with van der Waals surface area (Å²) in [5.41, 5.74) is 0.688. The molecule has 0 aliphatic heterocycles. The van der Waals surface area contributed by atoms with Crippen molar-refractivity contribution in [2.45, 2.75) is 4.90 Å². The Morgan fingerprint density at radius 1 is 1.04 bits per heavy atom. The first kappa shape index (κ1) is 17.7. The highest BCUT2D eigenvalue weighted by Crippen LogP contribution is 2.29. The number of amides is 1. The third-order valence-corrected chi connectivity index (χ3v) is 5.74. The van der Waals surface area contributed by atoms with Crippen molar-refractivity contribution in [1.29, 1.82) is 0 Å². The SMILES string of the molecule is CN(C)S(=O)(=O)c1ccc(C(=O)Nc2cccc(Cl)c2Cl)cc1. The van der Waals surface area contributed by atoms with Crippen LogP contribution in [-0.2, 0) is 10.0 Å². The van der Waals surface area contributed by atoms with Gasteiger partial charge in [0.15, 0.2) is 0 Å². The van der Waals surface area contributed by atoms with E-state index in [2.05, 4.69) is 5.32 Å². The standard InChI is InChI=1S/C15H14Cl2N2O3S/c1-19(2)23(21,22)11-8-6-10(7-9-11)15(20)18-13-5-3-4-12(16)14(13)17/h3-9H,1-2H3,(H,18,20). The second kappa shape index (κ2) is 6.88. The van der Waals surface area contributed by atoms with Crippen LogP contribution in [0.25, 0.3) is 0 Å². The lowest BCUT2D eigenvalue weighted by molar-refractivity contribution is 0.102. The fourth-order valence-corrected chi connectivity index (χ4v) is 3.03. The van der Waals surface area contributed by atoms with Gasteiger partial charge in [0.1, 0.15) is 0 Å². The summed E-state index contributed by atoms with van der Waals surface area (Å²) in [5, 5.41) is 3.21. The molecule has 1 N–H and O–H groups in total. The molecule has 0 aliphatic carbocycles. The van der Waals surface area contributed by atoms with Crippen molar-refractivity contribution in [3.63, 3.8) is 0 Å². The first-order valence-electron chi connectivity index (χ1n) is 6.51. The van der Waals surface area contributed by atoms with Gasteiger partial charge in [-0.1, -0.05) is 29.3 Å². The minimum Gasteiger partial charge on any atom is -0.321 e. The summed E-state index contributed by atoms with van der Waals surface area (Å²) in [6, 6.07) is 10.5. The maximum atomic E-state index is 12.2. The second-order valence-corrected chi connectivity index (χ2v) is 7.80. The topological polar surface area (TPSA) is 66.5 Å². The molecule has 0 unspecified atom stereocenters. The molecule has 0 saturated heterocycles. The zero-order valence-corrected chi connectivity index (χ0v) is 14.7. The van der Waals surface area contributed by atoms with Gasteiger partial charge < -0.3 is 5.32 Å². The third kappa shape index (κ3) is 3.84. The van der Waals surface area contributed by atoms with Crippen molar-refractivity contribution in [3.05, 3.63) is 58.1 Å². The normalized spacial score (nSPS) is 11.5. The molecule has 2 aromatic carbocycles. The van der Waals surface area contributed by atoms with E-state index in [0.717, 1.165) is 4.31 Å². The van der Waals surface area contributed by atoms with E-state index in [9.17, 15) is 13.2 Å². The Morgan fingerprint density at radius 3 is 2.22 bits per heavy atom. The van der Waals surface area contributed by atoms with Gasteiger partial charge >= 0.3 is 0 Å². The summed E-state index contributed by atoms with van der Waals surface area (Å²) >= 11 is 11.9. The average molecular weight is 373 g/mol. The Hall–Kier alpha value is -1.60. The minimum atomic E-state index is -3.53. The molecule has 8 heteroatoms. The minimum absolute atomic E-state index is 0.111. The molecule has 2 aromatic rings. The zero-order chi connectivity index (χ0) is 17.2. The maximum Gasteiger partial charge on any atom is 0.255 e. The fourth-order valence-electron chi connectivity index (χ4n) is 1.78. The number of hydrogen-bond donors (Lipinski definition) is 1. The van der Waals surface area contributed by atoms with Crippen LogP contribution in [0.2, 0.25) is 10.0 Å². The quantitative estimate of drug-likeness (QED) is 0.892. The molecular weight excluding hydrogens is 359 g/mol. The highest BCUT2D eigenvalue weighted by Gasteiger charge is 2.18. The molecule has 0 saturated carbocycles. The van der Waals surface area contributed by atoms with Gasteiger partial charge in [0.2, 0.25) is 10.0 Å². The third-order valence-electron chi connectivity index (χ3n) is 3.09. The van der Waals surface area contributed by atoms with Gasteiger partial charge in [-0.25, -0.2) is 12.7 Å². The summed E-state index contributed by atoms with van der Waals surface area (Å²) in [6.45, 7) is 0. The highest BCUT2D eigenvalue weighted by molar-refractivity contribution is 7.89. The van der Waals surface area contributed by atoms with Crippen molar-refractivity contribution >= 4 is 44.8 Å². The summed E-state index contributed by atoms with van der Waals surface area (Å²) in [7, 11) is -0.644. The van der Waals surface area contributed by atoms with Crippen LogP contribution < -0.4 is 5.32 Å². The van der Waals surface area contributed by atoms with Gasteiger partial charge in [0.05, 0.1) is 20.6 Å². The summed E-state index contributed by atoms with van der Waals surface area (Å²) < 4.78 is 25.1. The molecule has 0 fully saturated rings. The molecule has 2 rings (SSSR count). The summed E-state index contributed by atoms with van der Waals surface area (Å²) in [4.78, 5) is 12.3. The first-order valence-corrected chi connectivity index (χ1v) is 8.71. The number of hydrogen-bond acceptors (Lipinski definition) is 3. The van der Waals surface area contributed by atoms with Crippen LogP contribution >= 0.6 is 23.2 Å². The lowest BCUT2D eigenvalue weighted by Crippen LogP contribution is -2.22. The Kier molecular flexibility index (Phi) is 5.31. The molecule has 122 valence electrons. The van der Waals surface area contributed by atoms with Gasteiger partial charge in [0, 0.05) is 19.7 Å². The lowest BCUT2D eigenvalue weighted by atomic mass is 10.2. The molecule has 5 nitrogen and oxygen atoms in total. The van der Waals surface area contributed by atoms with E-state index in [1.54, 1.807) is 18.2 Å². The monoisotopic (exact) mass is 372 g/mol. The van der Waals surface area contributed by atoms with E-state index in [1.165, 1.54) is 38.4 Å². The van der Waals surface area contributed by atoms with E-state index >= 15 is 0 Å². The lowest BCUT2D eigenvalue weighted by Gasteiger charge is -2.12. The molecule has 1 amide bonds. The van der Waals surface area contributed by atoms with Crippen molar-refractivity contribution in [1.82, 2.24) is 4.31 Å². The summed E-state index contributed by atoms with van der Waals surface area (Å²) in [5.74, 6) is -0.414. The number of carbonyl (C=O) groups excluding carboxylic acids is 1. The van der Waals surface area contributed by atoms with E-state index in [0.29, 0.717) is 16.3 Å². The van der Waals surface area contributed by atoms with Crippen LogP contribution in [0.15, 0.2) is 47.4 Å². The van der Waals surface area contributed by atoms with Gasteiger partial charge in [-0.3, -0.25) is 4.79 Å². The molecular formula is C15H14Cl2N2O3S. The van der Waals surface area contributed by atoms with Crippen LogP contribution in [0.5, 0.6) is 0 Å². The van der Waals surface area contributed by atoms with E-state index in [-0.39, 0.29) is 9.92 Å². The number of anilines is 1. The van der Waals surface area contributed by atoms with Gasteiger partial charge in [-0.2, -0.15) is 0 Å². The second-order valence-electron chi connectivity index (χ2n) is 4.87. The van der Waals surface area contributed by atoms with Crippen LogP contribution in [0.4, 0.5) is 5.69 Å². The Labute approximate surface area is 144 Å². The molecule has 0 aliphatic rings. The number of benzene rings is 2. The average Bonchev–Trinajstić information content (AvgIpc) is 2.51. The van der Waals surface area contributed by atoms with Crippen LogP contribution in [0.1, 0.15) is 10.4 Å². The number of halogens is 2. The van der Waals surface area contributed by atoms with Crippen molar-refractivity contribution in [2.24, 2.45) is 0 Å². The number of sulfonamides is 1. The van der Waals surface area contributed by atoms with Crippen LogP contribution in [0, 0.1) is 0 Å². The Morgan fingerprint density at radius 2 is 1.65 bits per heavy atom. The number of rotatable bonds is 4. The highest BCUT2D eigenvalue weighted by atomic mass is 35.5. The van der Waals surface area contributed by atoms with Crippen molar-refractivity contribution in [3.8, 4) is 0 Å². The van der Waals surface area contributed by atoms with E-state index < -0.39 is 15.9 Å². The largest absolute Gasteiger partial charge is 0.321 e. The van der Waals surface area contributed by atoms with Crippen molar-refractivity contribution < 1.29 is 13.2 Å². The predicted octanol–water partition coefficient (Wildman–Crippen LogP) is 3.50. The summed E-state index contributed by atoms with van der Waals surface area (Å²) in [6.07, 6.45) is 0. The molecule has 0 spiro atoms. The Balaban J connectivity index is 2.23. The first-order chi connectivity index (χ1) is 10.7. The van der Waals surface area contributed by atoms with Gasteiger partial charge in [-0.15, -0.1) is 0 Å². The number of nitrogens with zero attached hydrogens (tertiary/aromatic N) is 1. The molecule has 0 bridgehead atoms. The molecule has 0 atom stereocenters. The van der Waals surface area contributed by atoms with Crippen LogP contribution in [-0.4, -0.2) is 32.7 Å². The molecule has 23 heavy (non-hydrogen) atoms. The molecule has 0 aromatic heterocycles. The zero-order valence-electron chi connectivity index (χ0n) is 12.4. The smallest absolute Gasteiger partial charge is 0.255 e. The van der Waals surface area contributed by atoms with Gasteiger partial charge in [-0.05, 0) is 36.4 Å². The number of nitrogens with one attached hydrogen (secondary N) is 1. The Bertz CT molecular complexity index is 834. The van der Waals surface area contributed by atoms with E-state index in [1.807, 2.05) is 0 Å². The molecule has 0 radical (unpaired) electrons. The van der Waals surface area contributed by atoms with Crippen molar-refractivity contribution in [2.75, 3.05) is 19.4 Å². The number of carbonyl (C=O) groups is 1. The van der Waals surface area contributed by atoms with Gasteiger partial charge in [0.25, 0.3) is 5.91 Å². The predicted molar refractivity (Wildman–Crippen MR) is 91.7 cm³/mol.